The van der Waals surface area contributed by atoms with Gasteiger partial charge in [-0.25, -0.2) is 4.79 Å². The molecule has 1 aliphatic carbocycles. The molecule has 0 spiro atoms. The Hall–Kier alpha value is -0.910. The lowest BCUT2D eigenvalue weighted by Gasteiger charge is -2.28. The molecule has 122 valence electrons. The molecule has 3 atom stereocenters. The first-order chi connectivity index (χ1) is 10.6. The predicted octanol–water partition coefficient (Wildman–Crippen LogP) is 3.35. The summed E-state index contributed by atoms with van der Waals surface area (Å²) in [5.74, 6) is 0. The van der Waals surface area contributed by atoms with Gasteiger partial charge in [0.1, 0.15) is 0 Å². The summed E-state index contributed by atoms with van der Waals surface area (Å²) in [5, 5.41) is 17.0. The Kier molecular flexibility index (Phi) is 6.86. The molecule has 2 rings (SSSR count). The largest absolute Gasteiger partial charge is 0.387 e. The van der Waals surface area contributed by atoms with E-state index in [1.807, 2.05) is 23.9 Å². The Morgan fingerprint density at radius 1 is 1.45 bits per heavy atom. The number of hydrogen-bond donors (Lipinski definition) is 3. The zero-order chi connectivity index (χ0) is 15.9. The van der Waals surface area contributed by atoms with Crippen LogP contribution in [0.15, 0.2) is 24.3 Å². The number of carbonyl (C=O) groups excluding carboxylic acids is 1. The molecule has 1 aromatic carbocycles. The van der Waals surface area contributed by atoms with E-state index >= 15 is 0 Å². The number of amides is 2. The fourth-order valence-corrected chi connectivity index (χ4v) is 3.86. The van der Waals surface area contributed by atoms with Gasteiger partial charge in [-0.3, -0.25) is 0 Å². The molecule has 0 heterocycles. The summed E-state index contributed by atoms with van der Waals surface area (Å²) in [4.78, 5) is 12.0. The number of aliphatic hydroxyl groups is 1. The van der Waals surface area contributed by atoms with Crippen LogP contribution in [0.1, 0.15) is 37.4 Å². The molecule has 1 aliphatic rings. The first kappa shape index (κ1) is 17.4. The lowest BCUT2D eigenvalue weighted by atomic mass is 9.95. The van der Waals surface area contributed by atoms with Gasteiger partial charge in [0, 0.05) is 28.4 Å². The molecule has 0 bridgehead atoms. The number of urea groups is 1. The van der Waals surface area contributed by atoms with Crippen LogP contribution in [-0.2, 0) is 0 Å². The van der Waals surface area contributed by atoms with E-state index in [1.165, 1.54) is 6.42 Å². The molecule has 0 aliphatic heterocycles. The maximum absolute atomic E-state index is 12.0. The van der Waals surface area contributed by atoms with Gasteiger partial charge in [-0.1, -0.05) is 36.2 Å². The minimum absolute atomic E-state index is 0.147. The molecule has 4 nitrogen and oxygen atoms in total. The molecule has 1 fully saturated rings. The van der Waals surface area contributed by atoms with Crippen molar-refractivity contribution in [2.75, 3.05) is 12.8 Å². The van der Waals surface area contributed by atoms with Crippen LogP contribution in [0.3, 0.4) is 0 Å². The van der Waals surface area contributed by atoms with Gasteiger partial charge in [0.2, 0.25) is 0 Å². The highest BCUT2D eigenvalue weighted by atomic mass is 35.5. The molecule has 0 aromatic heterocycles. The third kappa shape index (κ3) is 5.07. The lowest BCUT2D eigenvalue weighted by Crippen LogP contribution is -2.45. The zero-order valence-electron chi connectivity index (χ0n) is 12.7. The van der Waals surface area contributed by atoms with E-state index in [-0.39, 0.29) is 18.6 Å². The summed E-state index contributed by atoms with van der Waals surface area (Å²) < 4.78 is 0. The number of benzene rings is 1. The number of rotatable bonds is 5. The van der Waals surface area contributed by atoms with Crippen molar-refractivity contribution in [3.8, 4) is 0 Å². The van der Waals surface area contributed by atoms with E-state index in [2.05, 4.69) is 16.9 Å². The van der Waals surface area contributed by atoms with Crippen LogP contribution in [-0.4, -0.2) is 35.2 Å². The molecule has 1 aromatic rings. The molecule has 1 saturated carbocycles. The SMILES string of the molecule is CSC1CCCC(NC(=O)NCC(O)c2ccccc2Cl)C1. The Morgan fingerprint density at radius 3 is 2.95 bits per heavy atom. The van der Waals surface area contributed by atoms with E-state index in [4.69, 9.17) is 11.6 Å². The van der Waals surface area contributed by atoms with Crippen molar-refractivity contribution in [2.45, 2.75) is 43.1 Å². The summed E-state index contributed by atoms with van der Waals surface area (Å²) in [6.45, 7) is 0.147. The summed E-state index contributed by atoms with van der Waals surface area (Å²) in [6, 6.07) is 7.11. The van der Waals surface area contributed by atoms with Gasteiger partial charge in [-0.15, -0.1) is 0 Å². The molecular formula is C16H23ClN2O2S. The van der Waals surface area contributed by atoms with Gasteiger partial charge in [0.25, 0.3) is 0 Å². The van der Waals surface area contributed by atoms with Gasteiger partial charge >= 0.3 is 6.03 Å². The second-order valence-corrected chi connectivity index (χ2v) is 7.16. The zero-order valence-corrected chi connectivity index (χ0v) is 14.3. The number of thioether (sulfide) groups is 1. The maximum atomic E-state index is 12.0. The van der Waals surface area contributed by atoms with Gasteiger partial charge in [0.05, 0.1) is 6.10 Å². The molecule has 22 heavy (non-hydrogen) atoms. The summed E-state index contributed by atoms with van der Waals surface area (Å²) in [5.41, 5.74) is 0.629. The third-order valence-corrected chi connectivity index (χ3v) is 5.45. The van der Waals surface area contributed by atoms with E-state index in [1.54, 1.807) is 12.1 Å². The molecule has 0 saturated heterocycles. The number of halogens is 1. The van der Waals surface area contributed by atoms with Crippen LogP contribution in [0.4, 0.5) is 4.79 Å². The second-order valence-electron chi connectivity index (χ2n) is 5.61. The second kappa shape index (κ2) is 8.65. The van der Waals surface area contributed by atoms with Gasteiger partial charge in [-0.2, -0.15) is 11.8 Å². The Bertz CT molecular complexity index is 501. The van der Waals surface area contributed by atoms with Crippen molar-refractivity contribution >= 4 is 29.4 Å². The van der Waals surface area contributed by atoms with Crippen molar-refractivity contribution in [3.05, 3.63) is 34.9 Å². The van der Waals surface area contributed by atoms with Crippen LogP contribution in [0.5, 0.6) is 0 Å². The van der Waals surface area contributed by atoms with Crippen LogP contribution >= 0.6 is 23.4 Å². The quantitative estimate of drug-likeness (QED) is 0.769. The summed E-state index contributed by atoms with van der Waals surface area (Å²) >= 11 is 7.90. The number of nitrogens with one attached hydrogen (secondary N) is 2. The topological polar surface area (TPSA) is 61.4 Å². The van der Waals surface area contributed by atoms with Crippen molar-refractivity contribution in [1.29, 1.82) is 0 Å². The van der Waals surface area contributed by atoms with Crippen LogP contribution in [0, 0.1) is 0 Å². The van der Waals surface area contributed by atoms with Crippen molar-refractivity contribution in [2.24, 2.45) is 0 Å². The number of carbonyl (C=O) groups is 1. The first-order valence-electron chi connectivity index (χ1n) is 7.59. The Labute approximate surface area is 141 Å². The third-order valence-electron chi connectivity index (χ3n) is 4.01. The smallest absolute Gasteiger partial charge is 0.315 e. The van der Waals surface area contributed by atoms with Crippen LogP contribution in [0.2, 0.25) is 5.02 Å². The van der Waals surface area contributed by atoms with Gasteiger partial charge in [-0.05, 0) is 31.6 Å². The Morgan fingerprint density at radius 2 is 2.23 bits per heavy atom. The molecule has 3 N–H and O–H groups in total. The lowest BCUT2D eigenvalue weighted by molar-refractivity contribution is 0.172. The monoisotopic (exact) mass is 342 g/mol. The molecule has 3 unspecified atom stereocenters. The molecule has 2 amide bonds. The van der Waals surface area contributed by atoms with Gasteiger partial charge in [0.15, 0.2) is 0 Å². The first-order valence-corrected chi connectivity index (χ1v) is 9.26. The fourth-order valence-electron chi connectivity index (χ4n) is 2.77. The predicted molar refractivity (Wildman–Crippen MR) is 92.5 cm³/mol. The average molecular weight is 343 g/mol. The highest BCUT2D eigenvalue weighted by Gasteiger charge is 2.22. The normalized spacial score (nSPS) is 22.9. The molecular weight excluding hydrogens is 320 g/mol. The van der Waals surface area contributed by atoms with Gasteiger partial charge < -0.3 is 15.7 Å². The minimum Gasteiger partial charge on any atom is -0.387 e. The minimum atomic E-state index is -0.801. The summed E-state index contributed by atoms with van der Waals surface area (Å²) in [6.07, 6.45) is 5.74. The Balaban J connectivity index is 1.77. The molecule has 0 radical (unpaired) electrons. The van der Waals surface area contributed by atoms with E-state index < -0.39 is 6.10 Å². The molecule has 6 heteroatoms. The number of hydrogen-bond acceptors (Lipinski definition) is 3. The van der Waals surface area contributed by atoms with Crippen LogP contribution < -0.4 is 10.6 Å². The van der Waals surface area contributed by atoms with Crippen molar-refractivity contribution in [3.63, 3.8) is 0 Å². The fraction of sp³-hybridized carbons (Fsp3) is 0.562. The summed E-state index contributed by atoms with van der Waals surface area (Å²) in [7, 11) is 0. The number of aliphatic hydroxyl groups excluding tert-OH is 1. The van der Waals surface area contributed by atoms with E-state index in [0.29, 0.717) is 15.8 Å². The standard InChI is InChI=1S/C16H23ClN2O2S/c1-22-12-6-4-5-11(9-12)19-16(21)18-10-15(20)13-7-2-3-8-14(13)17/h2-3,7-8,11-12,15,20H,4-6,9-10H2,1H3,(H2,18,19,21). The highest BCUT2D eigenvalue weighted by molar-refractivity contribution is 7.99. The average Bonchev–Trinajstić information content (AvgIpc) is 2.53. The van der Waals surface area contributed by atoms with E-state index in [9.17, 15) is 9.90 Å². The van der Waals surface area contributed by atoms with E-state index in [0.717, 1.165) is 19.3 Å². The van der Waals surface area contributed by atoms with Crippen molar-refractivity contribution in [1.82, 2.24) is 10.6 Å². The maximum Gasteiger partial charge on any atom is 0.315 e. The van der Waals surface area contributed by atoms with Crippen LogP contribution in [0.25, 0.3) is 0 Å². The van der Waals surface area contributed by atoms with Crippen molar-refractivity contribution < 1.29 is 9.90 Å². The highest BCUT2D eigenvalue weighted by Crippen LogP contribution is 2.27.